The Labute approximate surface area is 105 Å². The zero-order valence-electron chi connectivity index (χ0n) is 9.15. The molecule has 0 spiro atoms. The van der Waals surface area contributed by atoms with Gasteiger partial charge in [0.05, 0.1) is 0 Å². The molecule has 0 amide bonds. The minimum absolute atomic E-state index is 1.12. The van der Waals surface area contributed by atoms with Crippen molar-refractivity contribution in [3.63, 3.8) is 0 Å². The van der Waals surface area contributed by atoms with Gasteiger partial charge in [-0.05, 0) is 24.1 Å². The van der Waals surface area contributed by atoms with Crippen molar-refractivity contribution in [1.29, 1.82) is 0 Å². The average molecular weight is 273 g/mol. The zero-order chi connectivity index (χ0) is 11.4. The molecule has 0 saturated carbocycles. The molecule has 2 aromatic carbocycles. The van der Waals surface area contributed by atoms with Gasteiger partial charge in [-0.1, -0.05) is 76.1 Å². The molecule has 0 saturated heterocycles. The Morgan fingerprint density at radius 2 is 1.75 bits per heavy atom. The van der Waals surface area contributed by atoms with E-state index in [2.05, 4.69) is 71.4 Å². The Morgan fingerprint density at radius 1 is 0.938 bits per heavy atom. The number of hydrogen-bond acceptors (Lipinski definition) is 0. The largest absolute Gasteiger partial charge is 0.0616 e. The van der Waals surface area contributed by atoms with Crippen molar-refractivity contribution in [1.82, 2.24) is 0 Å². The van der Waals surface area contributed by atoms with Crippen molar-refractivity contribution >= 4 is 28.1 Å². The van der Waals surface area contributed by atoms with Crippen molar-refractivity contribution in [3.05, 3.63) is 69.7 Å². The van der Waals surface area contributed by atoms with Crippen LogP contribution in [0.1, 0.15) is 16.7 Å². The fourth-order valence-corrected chi connectivity index (χ4v) is 1.99. The molecule has 80 valence electrons. The summed E-state index contributed by atoms with van der Waals surface area (Å²) in [5.41, 5.74) is 3.72. The molecule has 0 nitrogen and oxygen atoms in total. The second-order valence-corrected chi connectivity index (χ2v) is 4.62. The molecular weight excluding hydrogens is 260 g/mol. The van der Waals surface area contributed by atoms with Gasteiger partial charge < -0.3 is 0 Å². The molecule has 2 aromatic rings. The van der Waals surface area contributed by atoms with Crippen LogP contribution >= 0.6 is 15.9 Å². The van der Waals surface area contributed by atoms with E-state index in [1.54, 1.807) is 0 Å². The monoisotopic (exact) mass is 272 g/mol. The van der Waals surface area contributed by atoms with Crippen LogP contribution in [0.5, 0.6) is 0 Å². The van der Waals surface area contributed by atoms with Gasteiger partial charge in [0, 0.05) is 4.47 Å². The van der Waals surface area contributed by atoms with Gasteiger partial charge in [-0.15, -0.1) is 0 Å². The van der Waals surface area contributed by atoms with Crippen LogP contribution in [0, 0.1) is 6.92 Å². The maximum Gasteiger partial charge on any atom is 0.0247 e. The minimum atomic E-state index is 1.12. The normalized spacial score (nSPS) is 10.9. The molecular formula is C15H13Br. The summed E-state index contributed by atoms with van der Waals surface area (Å²) < 4.78 is 1.12. The molecule has 16 heavy (non-hydrogen) atoms. The lowest BCUT2D eigenvalue weighted by Crippen LogP contribution is -1.76. The van der Waals surface area contributed by atoms with Crippen LogP contribution in [0.25, 0.3) is 12.2 Å². The molecule has 0 N–H and O–H groups in total. The summed E-state index contributed by atoms with van der Waals surface area (Å²) in [5.74, 6) is 0. The summed E-state index contributed by atoms with van der Waals surface area (Å²) in [5, 5.41) is 0. The van der Waals surface area contributed by atoms with Gasteiger partial charge in [0.15, 0.2) is 0 Å². The smallest absolute Gasteiger partial charge is 0.0247 e. The molecule has 0 aliphatic heterocycles. The summed E-state index contributed by atoms with van der Waals surface area (Å²) in [6, 6.07) is 16.7. The molecule has 1 heteroatoms. The third kappa shape index (κ3) is 2.83. The third-order valence-corrected chi connectivity index (χ3v) is 3.12. The highest BCUT2D eigenvalue weighted by atomic mass is 79.9. The molecule has 0 bridgehead atoms. The van der Waals surface area contributed by atoms with Crippen LogP contribution in [0.2, 0.25) is 0 Å². The summed E-state index contributed by atoms with van der Waals surface area (Å²) in [4.78, 5) is 0. The lowest BCUT2D eigenvalue weighted by molar-refractivity contribution is 1.46. The number of rotatable bonds is 2. The van der Waals surface area contributed by atoms with E-state index < -0.39 is 0 Å². The first-order valence-electron chi connectivity index (χ1n) is 5.25. The Balaban J connectivity index is 2.25. The van der Waals surface area contributed by atoms with Gasteiger partial charge in [0.25, 0.3) is 0 Å². The molecule has 0 radical (unpaired) electrons. The number of aryl methyl sites for hydroxylation is 1. The van der Waals surface area contributed by atoms with Crippen LogP contribution < -0.4 is 0 Å². The molecule has 0 heterocycles. The summed E-state index contributed by atoms with van der Waals surface area (Å²) >= 11 is 3.53. The Kier molecular flexibility index (Phi) is 3.58. The highest BCUT2D eigenvalue weighted by Gasteiger charge is 1.93. The first kappa shape index (κ1) is 11.2. The van der Waals surface area contributed by atoms with E-state index in [1.807, 2.05) is 12.1 Å². The van der Waals surface area contributed by atoms with E-state index in [-0.39, 0.29) is 0 Å². The minimum Gasteiger partial charge on any atom is -0.0616 e. The molecule has 2 rings (SSSR count). The molecule has 0 unspecified atom stereocenters. The summed E-state index contributed by atoms with van der Waals surface area (Å²) in [6.45, 7) is 2.11. The van der Waals surface area contributed by atoms with E-state index in [1.165, 1.54) is 16.7 Å². The van der Waals surface area contributed by atoms with Gasteiger partial charge in [0.1, 0.15) is 0 Å². The second kappa shape index (κ2) is 5.13. The number of halogens is 1. The van der Waals surface area contributed by atoms with E-state index in [0.29, 0.717) is 0 Å². The molecule has 0 fully saturated rings. The van der Waals surface area contributed by atoms with Crippen LogP contribution in [-0.2, 0) is 0 Å². The second-order valence-electron chi connectivity index (χ2n) is 3.77. The van der Waals surface area contributed by atoms with Gasteiger partial charge in [0.2, 0.25) is 0 Å². The lowest BCUT2D eigenvalue weighted by Gasteiger charge is -1.98. The topological polar surface area (TPSA) is 0 Å². The summed E-state index contributed by atoms with van der Waals surface area (Å²) in [7, 11) is 0. The van der Waals surface area contributed by atoms with Crippen molar-refractivity contribution in [2.75, 3.05) is 0 Å². The van der Waals surface area contributed by atoms with Gasteiger partial charge in [-0.25, -0.2) is 0 Å². The van der Waals surface area contributed by atoms with E-state index in [9.17, 15) is 0 Å². The number of hydrogen-bond donors (Lipinski definition) is 0. The van der Waals surface area contributed by atoms with Crippen LogP contribution in [0.3, 0.4) is 0 Å². The first-order chi connectivity index (χ1) is 7.75. The fourth-order valence-electron chi connectivity index (χ4n) is 1.57. The Morgan fingerprint density at radius 3 is 2.50 bits per heavy atom. The van der Waals surface area contributed by atoms with Crippen molar-refractivity contribution in [3.8, 4) is 0 Å². The highest BCUT2D eigenvalue weighted by Crippen LogP contribution is 2.18. The van der Waals surface area contributed by atoms with Crippen molar-refractivity contribution in [2.24, 2.45) is 0 Å². The van der Waals surface area contributed by atoms with Crippen LogP contribution in [-0.4, -0.2) is 0 Å². The molecule has 0 aliphatic rings. The Bertz CT molecular complexity index is 512. The maximum atomic E-state index is 3.53. The molecule has 0 aliphatic carbocycles. The van der Waals surface area contributed by atoms with Crippen LogP contribution in [0.4, 0.5) is 0 Å². The van der Waals surface area contributed by atoms with E-state index >= 15 is 0 Å². The highest BCUT2D eigenvalue weighted by molar-refractivity contribution is 9.10. The Hall–Kier alpha value is -1.34. The SMILES string of the molecule is Cc1cccc(C=Cc2ccccc2Br)c1. The summed E-state index contributed by atoms with van der Waals surface area (Å²) in [6.07, 6.45) is 4.26. The van der Waals surface area contributed by atoms with Crippen molar-refractivity contribution < 1.29 is 0 Å². The molecule has 0 atom stereocenters. The molecule has 0 aromatic heterocycles. The predicted octanol–water partition coefficient (Wildman–Crippen LogP) is 4.93. The van der Waals surface area contributed by atoms with Gasteiger partial charge in [-0.3, -0.25) is 0 Å². The third-order valence-electron chi connectivity index (χ3n) is 2.40. The lowest BCUT2D eigenvalue weighted by atomic mass is 10.1. The first-order valence-corrected chi connectivity index (χ1v) is 6.04. The standard InChI is InChI=1S/C15H13Br/c1-12-5-4-6-13(11-12)9-10-14-7-2-3-8-15(14)16/h2-11H,1H3. The predicted molar refractivity (Wildman–Crippen MR) is 74.2 cm³/mol. The van der Waals surface area contributed by atoms with E-state index in [4.69, 9.17) is 0 Å². The average Bonchev–Trinajstić information content (AvgIpc) is 2.28. The van der Waals surface area contributed by atoms with Gasteiger partial charge >= 0.3 is 0 Å². The van der Waals surface area contributed by atoms with Gasteiger partial charge in [-0.2, -0.15) is 0 Å². The van der Waals surface area contributed by atoms with Crippen LogP contribution in [0.15, 0.2) is 53.0 Å². The number of benzene rings is 2. The quantitative estimate of drug-likeness (QED) is 0.681. The fraction of sp³-hybridized carbons (Fsp3) is 0.0667. The maximum absolute atomic E-state index is 3.53. The zero-order valence-corrected chi connectivity index (χ0v) is 10.7. The van der Waals surface area contributed by atoms with Crippen molar-refractivity contribution in [2.45, 2.75) is 6.92 Å². The van der Waals surface area contributed by atoms with E-state index in [0.717, 1.165) is 4.47 Å².